The minimum absolute atomic E-state index is 0.201. The van der Waals surface area contributed by atoms with Crippen molar-refractivity contribution in [1.29, 1.82) is 0 Å². The van der Waals surface area contributed by atoms with Gasteiger partial charge in [0.05, 0.1) is 5.69 Å². The summed E-state index contributed by atoms with van der Waals surface area (Å²) in [6.07, 6.45) is 3.37. The number of ether oxygens (including phenoxy) is 1. The molecule has 0 saturated carbocycles. The van der Waals surface area contributed by atoms with E-state index in [1.165, 1.54) is 0 Å². The molecule has 7 heteroatoms. The molecule has 4 aromatic rings. The third-order valence-corrected chi connectivity index (χ3v) is 5.34. The molecule has 0 bridgehead atoms. The van der Waals surface area contributed by atoms with Crippen LogP contribution < -0.4 is 10.1 Å². The van der Waals surface area contributed by atoms with Crippen LogP contribution in [0.5, 0.6) is 5.75 Å². The molecule has 4 rings (SSSR count). The quantitative estimate of drug-likeness (QED) is 0.461. The van der Waals surface area contributed by atoms with Crippen LogP contribution in [0.25, 0.3) is 16.2 Å². The van der Waals surface area contributed by atoms with Crippen molar-refractivity contribution in [2.24, 2.45) is 0 Å². The lowest BCUT2D eigenvalue weighted by Gasteiger charge is -2.15. The molecule has 0 fully saturated rings. The number of imidazole rings is 1. The first kappa shape index (κ1) is 17.8. The highest BCUT2D eigenvalue weighted by Gasteiger charge is 2.15. The van der Waals surface area contributed by atoms with Crippen LogP contribution in [-0.4, -0.2) is 21.4 Å². The maximum atomic E-state index is 12.4. The summed E-state index contributed by atoms with van der Waals surface area (Å²) in [6, 6.07) is 15.0. The number of aromatic nitrogens is 2. The fourth-order valence-electron chi connectivity index (χ4n) is 2.61. The first-order chi connectivity index (χ1) is 13.1. The topological polar surface area (TPSA) is 55.6 Å². The number of thiazole rings is 1. The molecule has 0 aliphatic rings. The third-order valence-electron chi connectivity index (χ3n) is 4.04. The van der Waals surface area contributed by atoms with E-state index in [1.807, 2.05) is 70.7 Å². The van der Waals surface area contributed by atoms with Crippen LogP contribution in [0.15, 0.2) is 70.8 Å². The standard InChI is InChI=1S/C20H16BrN3O2S/c1-13(26-17-8-4-15(21)5-9-17)19(25)22-16-6-2-14(3-7-16)18-12-24-10-11-27-20(24)23-18/h2-13H,1H3,(H,22,25). The summed E-state index contributed by atoms with van der Waals surface area (Å²) >= 11 is 4.97. The van der Waals surface area contributed by atoms with E-state index in [2.05, 4.69) is 26.2 Å². The average Bonchev–Trinajstić information content (AvgIpc) is 3.26. The van der Waals surface area contributed by atoms with E-state index in [0.29, 0.717) is 5.75 Å². The number of halogens is 1. The fraction of sp³-hybridized carbons (Fsp3) is 0.100. The Bertz CT molecular complexity index is 1040. The number of nitrogens with zero attached hydrogens (tertiary/aromatic N) is 2. The summed E-state index contributed by atoms with van der Waals surface area (Å²) in [5, 5.41) is 4.88. The van der Waals surface area contributed by atoms with Crippen LogP contribution in [0.4, 0.5) is 5.69 Å². The van der Waals surface area contributed by atoms with Gasteiger partial charge in [-0.2, -0.15) is 0 Å². The first-order valence-electron chi connectivity index (χ1n) is 8.34. The van der Waals surface area contributed by atoms with Gasteiger partial charge in [0.15, 0.2) is 11.1 Å². The second-order valence-electron chi connectivity index (χ2n) is 6.00. The van der Waals surface area contributed by atoms with Gasteiger partial charge in [-0.3, -0.25) is 9.20 Å². The van der Waals surface area contributed by atoms with Crippen LogP contribution in [-0.2, 0) is 4.79 Å². The highest BCUT2D eigenvalue weighted by molar-refractivity contribution is 9.10. The molecule has 1 unspecified atom stereocenters. The molecule has 0 saturated heterocycles. The van der Waals surface area contributed by atoms with E-state index in [-0.39, 0.29) is 5.91 Å². The van der Waals surface area contributed by atoms with E-state index in [0.717, 1.165) is 26.4 Å². The van der Waals surface area contributed by atoms with Crippen molar-refractivity contribution in [3.8, 4) is 17.0 Å². The number of hydrogen-bond acceptors (Lipinski definition) is 4. The van der Waals surface area contributed by atoms with Gasteiger partial charge >= 0.3 is 0 Å². The van der Waals surface area contributed by atoms with Crippen molar-refractivity contribution in [1.82, 2.24) is 9.38 Å². The molecule has 2 heterocycles. The molecule has 1 amide bonds. The second kappa shape index (κ2) is 7.54. The molecule has 0 aliphatic heterocycles. The highest BCUT2D eigenvalue weighted by atomic mass is 79.9. The molecule has 27 heavy (non-hydrogen) atoms. The Morgan fingerprint density at radius 3 is 2.63 bits per heavy atom. The van der Waals surface area contributed by atoms with Gasteiger partial charge < -0.3 is 10.1 Å². The summed E-state index contributed by atoms with van der Waals surface area (Å²) < 4.78 is 8.64. The number of rotatable bonds is 5. The third kappa shape index (κ3) is 4.04. The van der Waals surface area contributed by atoms with Crippen molar-refractivity contribution in [3.05, 3.63) is 70.8 Å². The van der Waals surface area contributed by atoms with Crippen molar-refractivity contribution in [2.45, 2.75) is 13.0 Å². The predicted molar refractivity (Wildman–Crippen MR) is 111 cm³/mol. The zero-order chi connectivity index (χ0) is 18.8. The molecule has 1 atom stereocenters. The minimum atomic E-state index is -0.606. The zero-order valence-electron chi connectivity index (χ0n) is 14.4. The van der Waals surface area contributed by atoms with Crippen LogP contribution in [0.2, 0.25) is 0 Å². The number of benzene rings is 2. The summed E-state index contributed by atoms with van der Waals surface area (Å²) in [5.74, 6) is 0.448. The normalized spacial score (nSPS) is 12.1. The minimum Gasteiger partial charge on any atom is -0.481 e. The second-order valence-corrected chi connectivity index (χ2v) is 7.79. The Hall–Kier alpha value is -2.64. The molecule has 0 spiro atoms. The molecule has 5 nitrogen and oxygen atoms in total. The lowest BCUT2D eigenvalue weighted by atomic mass is 10.1. The van der Waals surface area contributed by atoms with Crippen molar-refractivity contribution in [2.75, 3.05) is 5.32 Å². The van der Waals surface area contributed by atoms with Gasteiger partial charge in [0.2, 0.25) is 0 Å². The average molecular weight is 442 g/mol. The molecule has 136 valence electrons. The monoisotopic (exact) mass is 441 g/mol. The lowest BCUT2D eigenvalue weighted by molar-refractivity contribution is -0.122. The number of carbonyl (C=O) groups is 1. The van der Waals surface area contributed by atoms with E-state index in [1.54, 1.807) is 18.3 Å². The van der Waals surface area contributed by atoms with Crippen molar-refractivity contribution < 1.29 is 9.53 Å². The van der Waals surface area contributed by atoms with Crippen molar-refractivity contribution >= 4 is 43.8 Å². The largest absolute Gasteiger partial charge is 0.481 e. The number of hydrogen-bond donors (Lipinski definition) is 1. The van der Waals surface area contributed by atoms with Crippen molar-refractivity contribution in [3.63, 3.8) is 0 Å². The maximum absolute atomic E-state index is 12.4. The van der Waals surface area contributed by atoms with Crippen LogP contribution in [0.1, 0.15) is 6.92 Å². The summed E-state index contributed by atoms with van der Waals surface area (Å²) in [5.41, 5.74) is 2.63. The Balaban J connectivity index is 1.40. The maximum Gasteiger partial charge on any atom is 0.265 e. The van der Waals surface area contributed by atoms with E-state index in [4.69, 9.17) is 4.74 Å². The molecule has 0 aliphatic carbocycles. The van der Waals surface area contributed by atoms with Gasteiger partial charge in [-0.1, -0.05) is 28.1 Å². The van der Waals surface area contributed by atoms with Crippen LogP contribution in [0, 0.1) is 0 Å². The lowest BCUT2D eigenvalue weighted by Crippen LogP contribution is -2.30. The number of amides is 1. The zero-order valence-corrected chi connectivity index (χ0v) is 16.8. The number of anilines is 1. The number of carbonyl (C=O) groups excluding carboxylic acids is 1. The summed E-state index contributed by atoms with van der Waals surface area (Å²) in [7, 11) is 0. The Morgan fingerprint density at radius 1 is 1.19 bits per heavy atom. The highest BCUT2D eigenvalue weighted by Crippen LogP contribution is 2.23. The smallest absolute Gasteiger partial charge is 0.265 e. The van der Waals surface area contributed by atoms with E-state index < -0.39 is 6.10 Å². The van der Waals surface area contributed by atoms with Gasteiger partial charge in [0.25, 0.3) is 5.91 Å². The predicted octanol–water partition coefficient (Wildman–Crippen LogP) is 5.23. The molecular weight excluding hydrogens is 426 g/mol. The van der Waals surface area contributed by atoms with Crippen LogP contribution >= 0.6 is 27.3 Å². The molecule has 2 aromatic carbocycles. The van der Waals surface area contributed by atoms with Gasteiger partial charge in [-0.25, -0.2) is 4.98 Å². The van der Waals surface area contributed by atoms with Gasteiger partial charge in [0, 0.05) is 33.5 Å². The number of nitrogens with one attached hydrogen (secondary N) is 1. The Morgan fingerprint density at radius 2 is 1.93 bits per heavy atom. The van der Waals surface area contributed by atoms with E-state index >= 15 is 0 Å². The van der Waals surface area contributed by atoms with Gasteiger partial charge in [-0.15, -0.1) is 11.3 Å². The number of fused-ring (bicyclic) bond motifs is 1. The van der Waals surface area contributed by atoms with Crippen LogP contribution in [0.3, 0.4) is 0 Å². The van der Waals surface area contributed by atoms with Gasteiger partial charge in [0.1, 0.15) is 5.75 Å². The van der Waals surface area contributed by atoms with Gasteiger partial charge in [-0.05, 0) is 43.3 Å². The molecule has 2 aromatic heterocycles. The summed E-state index contributed by atoms with van der Waals surface area (Å²) in [6.45, 7) is 1.73. The van der Waals surface area contributed by atoms with E-state index in [9.17, 15) is 4.79 Å². The first-order valence-corrected chi connectivity index (χ1v) is 10.0. The molecular formula is C20H16BrN3O2S. The Labute approximate surface area is 168 Å². The fourth-order valence-corrected chi connectivity index (χ4v) is 3.57. The SMILES string of the molecule is CC(Oc1ccc(Br)cc1)C(=O)Nc1ccc(-c2cn3ccsc3n2)cc1. The summed E-state index contributed by atoms with van der Waals surface area (Å²) in [4.78, 5) is 17.9. The Kier molecular flexibility index (Phi) is 4.96. The molecule has 1 N–H and O–H groups in total. The molecule has 0 radical (unpaired) electrons.